The summed E-state index contributed by atoms with van der Waals surface area (Å²) in [5.41, 5.74) is 6.77. The van der Waals surface area contributed by atoms with Gasteiger partial charge in [-0.1, -0.05) is 66.7 Å². The Kier molecular flexibility index (Phi) is 3.72. The largest absolute Gasteiger partial charge is 0.372 e. The van der Waals surface area contributed by atoms with Gasteiger partial charge in [-0.15, -0.1) is 0 Å². The molecule has 0 aromatic heterocycles. The molecule has 23 heavy (non-hydrogen) atoms. The quantitative estimate of drug-likeness (QED) is 0.648. The average Bonchev–Trinajstić information content (AvgIpc) is 3.03. The van der Waals surface area contributed by atoms with Crippen LogP contribution in [0.15, 0.2) is 72.3 Å². The van der Waals surface area contributed by atoms with Crippen LogP contribution in [0.5, 0.6) is 0 Å². The Balaban J connectivity index is 1.83. The molecule has 0 unspecified atom stereocenters. The zero-order chi connectivity index (χ0) is 15.6. The highest BCUT2D eigenvalue weighted by atomic mass is 16.5. The molecule has 1 heteroatoms. The van der Waals surface area contributed by atoms with Crippen LogP contribution in [0.2, 0.25) is 0 Å². The van der Waals surface area contributed by atoms with Gasteiger partial charge < -0.3 is 4.74 Å². The standard InChI is InChI=1S/C22H20O/c1-16-11-18-9-5-6-10-20(18)21(12-16)22-15-23-14-19(22)13-17-7-3-2-4-8-17/h2-12H,13-15H2,1H3. The van der Waals surface area contributed by atoms with Gasteiger partial charge in [0.05, 0.1) is 13.2 Å². The van der Waals surface area contributed by atoms with Gasteiger partial charge in [-0.25, -0.2) is 0 Å². The lowest BCUT2D eigenvalue weighted by atomic mass is 9.92. The molecule has 4 rings (SSSR count). The van der Waals surface area contributed by atoms with Crippen molar-refractivity contribution < 1.29 is 4.74 Å². The first-order valence-corrected chi connectivity index (χ1v) is 8.13. The van der Waals surface area contributed by atoms with Gasteiger partial charge in [0.1, 0.15) is 0 Å². The molecule has 0 bridgehead atoms. The Hall–Kier alpha value is -2.38. The van der Waals surface area contributed by atoms with Gasteiger partial charge in [0.15, 0.2) is 0 Å². The van der Waals surface area contributed by atoms with Crippen molar-refractivity contribution in [1.29, 1.82) is 0 Å². The molecule has 0 fully saturated rings. The minimum Gasteiger partial charge on any atom is -0.372 e. The fraction of sp³-hybridized carbons (Fsp3) is 0.182. The van der Waals surface area contributed by atoms with Gasteiger partial charge in [0, 0.05) is 0 Å². The molecule has 1 nitrogen and oxygen atoms in total. The molecule has 0 saturated heterocycles. The van der Waals surface area contributed by atoms with E-state index < -0.39 is 0 Å². The maximum atomic E-state index is 5.81. The molecular formula is C22H20O. The van der Waals surface area contributed by atoms with Gasteiger partial charge in [-0.3, -0.25) is 0 Å². The highest BCUT2D eigenvalue weighted by Gasteiger charge is 2.19. The van der Waals surface area contributed by atoms with Crippen molar-refractivity contribution in [1.82, 2.24) is 0 Å². The van der Waals surface area contributed by atoms with Crippen LogP contribution in [0.1, 0.15) is 16.7 Å². The summed E-state index contributed by atoms with van der Waals surface area (Å²) in [6.45, 7) is 3.63. The van der Waals surface area contributed by atoms with E-state index in [9.17, 15) is 0 Å². The van der Waals surface area contributed by atoms with Gasteiger partial charge in [-0.05, 0) is 52.0 Å². The molecule has 1 heterocycles. The van der Waals surface area contributed by atoms with E-state index in [4.69, 9.17) is 4.74 Å². The minimum absolute atomic E-state index is 0.718. The maximum absolute atomic E-state index is 5.81. The third-order valence-electron chi connectivity index (χ3n) is 4.54. The van der Waals surface area contributed by atoms with Crippen molar-refractivity contribution in [3.05, 3.63) is 89.0 Å². The summed E-state index contributed by atoms with van der Waals surface area (Å²) in [5, 5.41) is 2.63. The summed E-state index contributed by atoms with van der Waals surface area (Å²) in [4.78, 5) is 0. The van der Waals surface area contributed by atoms with Crippen LogP contribution in [0.25, 0.3) is 16.3 Å². The van der Waals surface area contributed by atoms with Crippen molar-refractivity contribution in [3.63, 3.8) is 0 Å². The van der Waals surface area contributed by atoms with E-state index in [-0.39, 0.29) is 0 Å². The molecule has 0 spiro atoms. The molecule has 3 aromatic carbocycles. The Morgan fingerprint density at radius 1 is 0.870 bits per heavy atom. The van der Waals surface area contributed by atoms with Crippen LogP contribution in [0.3, 0.4) is 0 Å². The summed E-state index contributed by atoms with van der Waals surface area (Å²) in [6, 6.07) is 23.9. The molecule has 0 N–H and O–H groups in total. The van der Waals surface area contributed by atoms with E-state index in [1.807, 2.05) is 0 Å². The second-order valence-corrected chi connectivity index (χ2v) is 6.27. The van der Waals surface area contributed by atoms with Gasteiger partial charge in [0.25, 0.3) is 0 Å². The summed E-state index contributed by atoms with van der Waals surface area (Å²) in [5.74, 6) is 0. The van der Waals surface area contributed by atoms with Crippen LogP contribution >= 0.6 is 0 Å². The number of fused-ring (bicyclic) bond motifs is 1. The SMILES string of the molecule is Cc1cc(C2=C(Cc3ccccc3)COC2)c2ccccc2c1. The number of hydrogen-bond acceptors (Lipinski definition) is 1. The Bertz CT molecular complexity index is 875. The summed E-state index contributed by atoms with van der Waals surface area (Å²) in [7, 11) is 0. The van der Waals surface area contributed by atoms with Crippen LogP contribution in [0.4, 0.5) is 0 Å². The molecular weight excluding hydrogens is 280 g/mol. The highest BCUT2D eigenvalue weighted by molar-refractivity contribution is 5.95. The normalized spacial score (nSPS) is 14.7. The van der Waals surface area contributed by atoms with Crippen molar-refractivity contribution in [2.24, 2.45) is 0 Å². The third-order valence-corrected chi connectivity index (χ3v) is 4.54. The number of aryl methyl sites for hydroxylation is 1. The third kappa shape index (κ3) is 2.80. The second-order valence-electron chi connectivity index (χ2n) is 6.27. The fourth-order valence-corrected chi connectivity index (χ4v) is 3.44. The van der Waals surface area contributed by atoms with E-state index in [0.717, 1.165) is 19.6 Å². The molecule has 0 saturated carbocycles. The summed E-state index contributed by atoms with van der Waals surface area (Å²) in [6.07, 6.45) is 0.971. The maximum Gasteiger partial charge on any atom is 0.0727 e. The van der Waals surface area contributed by atoms with Gasteiger partial charge in [0.2, 0.25) is 0 Å². The molecule has 0 aliphatic carbocycles. The monoisotopic (exact) mass is 300 g/mol. The molecule has 0 atom stereocenters. The predicted octanol–water partition coefficient (Wildman–Crippen LogP) is 5.17. The lowest BCUT2D eigenvalue weighted by Crippen LogP contribution is -1.96. The van der Waals surface area contributed by atoms with Crippen molar-refractivity contribution in [2.45, 2.75) is 13.3 Å². The summed E-state index contributed by atoms with van der Waals surface area (Å²) < 4.78 is 5.81. The molecule has 114 valence electrons. The van der Waals surface area contributed by atoms with Gasteiger partial charge in [-0.2, -0.15) is 0 Å². The highest BCUT2D eigenvalue weighted by Crippen LogP contribution is 2.33. The topological polar surface area (TPSA) is 9.23 Å². The summed E-state index contributed by atoms with van der Waals surface area (Å²) >= 11 is 0. The second kappa shape index (κ2) is 6.02. The number of rotatable bonds is 3. The first kappa shape index (κ1) is 14.2. The first-order valence-electron chi connectivity index (χ1n) is 8.13. The molecule has 0 amide bonds. The number of ether oxygens (including phenoxy) is 1. The fourth-order valence-electron chi connectivity index (χ4n) is 3.44. The molecule has 0 radical (unpaired) electrons. The van der Waals surface area contributed by atoms with E-state index in [2.05, 4.69) is 73.7 Å². The van der Waals surface area contributed by atoms with Crippen molar-refractivity contribution in [3.8, 4) is 0 Å². The lowest BCUT2D eigenvalue weighted by Gasteiger charge is -2.11. The van der Waals surface area contributed by atoms with Crippen LogP contribution in [-0.4, -0.2) is 13.2 Å². The van der Waals surface area contributed by atoms with E-state index in [0.29, 0.717) is 0 Å². The minimum atomic E-state index is 0.718. The average molecular weight is 300 g/mol. The lowest BCUT2D eigenvalue weighted by molar-refractivity contribution is 0.210. The smallest absolute Gasteiger partial charge is 0.0727 e. The number of benzene rings is 3. The van der Waals surface area contributed by atoms with Crippen LogP contribution in [-0.2, 0) is 11.2 Å². The van der Waals surface area contributed by atoms with E-state index in [1.165, 1.54) is 38.6 Å². The van der Waals surface area contributed by atoms with E-state index >= 15 is 0 Å². The number of hydrogen-bond donors (Lipinski definition) is 0. The van der Waals surface area contributed by atoms with Crippen molar-refractivity contribution >= 4 is 16.3 Å². The Labute approximate surface area is 137 Å². The molecule has 3 aromatic rings. The molecule has 1 aliphatic heterocycles. The zero-order valence-electron chi connectivity index (χ0n) is 13.4. The van der Waals surface area contributed by atoms with Crippen LogP contribution < -0.4 is 0 Å². The zero-order valence-corrected chi connectivity index (χ0v) is 13.4. The predicted molar refractivity (Wildman–Crippen MR) is 96.6 cm³/mol. The Morgan fingerprint density at radius 2 is 1.65 bits per heavy atom. The van der Waals surface area contributed by atoms with Gasteiger partial charge >= 0.3 is 0 Å². The molecule has 1 aliphatic rings. The first-order chi connectivity index (χ1) is 11.3. The van der Waals surface area contributed by atoms with Crippen LogP contribution in [0, 0.1) is 6.92 Å². The Morgan fingerprint density at radius 3 is 2.52 bits per heavy atom. The van der Waals surface area contributed by atoms with E-state index in [1.54, 1.807) is 0 Å². The van der Waals surface area contributed by atoms with Crippen molar-refractivity contribution in [2.75, 3.05) is 13.2 Å².